The zero-order valence-electron chi connectivity index (χ0n) is 20.6. The second kappa shape index (κ2) is 11.9. The van der Waals surface area contributed by atoms with E-state index in [4.69, 9.17) is 4.74 Å². The van der Waals surface area contributed by atoms with Gasteiger partial charge in [-0.2, -0.15) is 0 Å². The molecule has 0 amide bonds. The van der Waals surface area contributed by atoms with Gasteiger partial charge < -0.3 is 24.4 Å². The number of benzene rings is 1. The van der Waals surface area contributed by atoms with E-state index < -0.39 is 0 Å². The second-order valence-corrected chi connectivity index (χ2v) is 8.61. The number of aliphatic imine (C=N–C) groups is 1. The molecule has 32 heavy (non-hydrogen) atoms. The van der Waals surface area contributed by atoms with E-state index in [1.54, 1.807) is 7.11 Å². The van der Waals surface area contributed by atoms with E-state index in [0.29, 0.717) is 6.04 Å². The van der Waals surface area contributed by atoms with Gasteiger partial charge in [0.15, 0.2) is 5.96 Å². The molecule has 1 aliphatic heterocycles. The number of halogens is 1. The van der Waals surface area contributed by atoms with E-state index in [-0.39, 0.29) is 24.0 Å². The SMILES string of the molecule is CN=C(NCC1CN(C)CCN1C)N(C)Cc1cc(C)n(-c2ccc(OC)cc2)c1C.I. The van der Waals surface area contributed by atoms with Gasteiger partial charge in [0, 0.05) is 69.9 Å². The summed E-state index contributed by atoms with van der Waals surface area (Å²) in [4.78, 5) is 11.6. The molecule has 0 saturated carbocycles. The van der Waals surface area contributed by atoms with E-state index in [1.807, 2.05) is 19.2 Å². The van der Waals surface area contributed by atoms with Crippen LogP contribution in [0.2, 0.25) is 0 Å². The molecule has 2 heterocycles. The molecule has 0 aliphatic carbocycles. The molecule has 8 heteroatoms. The largest absolute Gasteiger partial charge is 0.497 e. The zero-order valence-corrected chi connectivity index (χ0v) is 22.9. The summed E-state index contributed by atoms with van der Waals surface area (Å²) in [5, 5.41) is 3.58. The predicted octanol–water partition coefficient (Wildman–Crippen LogP) is 2.97. The Morgan fingerprint density at radius 1 is 1.19 bits per heavy atom. The van der Waals surface area contributed by atoms with Crippen molar-refractivity contribution in [2.75, 3.05) is 61.5 Å². The van der Waals surface area contributed by atoms with Crippen molar-refractivity contribution in [1.82, 2.24) is 24.6 Å². The Labute approximate surface area is 210 Å². The highest BCUT2D eigenvalue weighted by Gasteiger charge is 2.23. The molecule has 1 aromatic heterocycles. The summed E-state index contributed by atoms with van der Waals surface area (Å²) >= 11 is 0. The number of aryl methyl sites for hydroxylation is 1. The Hall–Kier alpha value is -1.78. The molecule has 1 aromatic carbocycles. The number of hydrogen-bond donors (Lipinski definition) is 1. The fourth-order valence-electron chi connectivity index (χ4n) is 4.36. The van der Waals surface area contributed by atoms with Gasteiger partial charge in [-0.3, -0.25) is 9.89 Å². The van der Waals surface area contributed by atoms with Gasteiger partial charge in [-0.15, -0.1) is 24.0 Å². The molecule has 3 rings (SSSR count). The predicted molar refractivity (Wildman–Crippen MR) is 144 cm³/mol. The third kappa shape index (κ3) is 6.17. The lowest BCUT2D eigenvalue weighted by Gasteiger charge is -2.38. The van der Waals surface area contributed by atoms with Gasteiger partial charge in [0.1, 0.15) is 5.75 Å². The lowest BCUT2D eigenvalue weighted by molar-refractivity contribution is 0.116. The summed E-state index contributed by atoms with van der Waals surface area (Å²) in [5.41, 5.74) is 4.92. The fourth-order valence-corrected chi connectivity index (χ4v) is 4.36. The van der Waals surface area contributed by atoms with Crippen LogP contribution in [0.15, 0.2) is 35.3 Å². The van der Waals surface area contributed by atoms with Crippen LogP contribution >= 0.6 is 24.0 Å². The van der Waals surface area contributed by atoms with Crippen molar-refractivity contribution < 1.29 is 4.74 Å². The third-order valence-electron chi connectivity index (χ3n) is 6.32. The van der Waals surface area contributed by atoms with Crippen molar-refractivity contribution >= 4 is 29.9 Å². The van der Waals surface area contributed by atoms with Gasteiger partial charge in [0.25, 0.3) is 0 Å². The molecule has 1 unspecified atom stereocenters. The minimum absolute atomic E-state index is 0. The minimum Gasteiger partial charge on any atom is -0.497 e. The minimum atomic E-state index is 0. The Kier molecular flexibility index (Phi) is 9.84. The first-order chi connectivity index (χ1) is 14.8. The topological polar surface area (TPSA) is 48.3 Å². The first-order valence-corrected chi connectivity index (χ1v) is 11.0. The number of aromatic nitrogens is 1. The summed E-state index contributed by atoms with van der Waals surface area (Å²) < 4.78 is 7.60. The van der Waals surface area contributed by atoms with Gasteiger partial charge in [-0.05, 0) is 63.8 Å². The molecule has 178 valence electrons. The normalized spacial score (nSPS) is 17.7. The van der Waals surface area contributed by atoms with Gasteiger partial charge >= 0.3 is 0 Å². The lowest BCUT2D eigenvalue weighted by atomic mass is 10.2. The Morgan fingerprint density at radius 2 is 1.88 bits per heavy atom. The number of rotatable bonds is 6. The van der Waals surface area contributed by atoms with E-state index in [9.17, 15) is 0 Å². The number of nitrogens with zero attached hydrogens (tertiary/aromatic N) is 5. The van der Waals surface area contributed by atoms with Crippen molar-refractivity contribution in [2.24, 2.45) is 4.99 Å². The summed E-state index contributed by atoms with van der Waals surface area (Å²) in [6, 6.07) is 11.0. The van der Waals surface area contributed by atoms with Gasteiger partial charge in [-0.1, -0.05) is 0 Å². The standard InChI is InChI=1S/C24H38N6O.HI/c1-18-14-20(19(2)30(18)21-8-10-23(31-7)11-9-21)16-29(6)24(25-3)26-15-22-17-27(4)12-13-28(22)5;/h8-11,14,22H,12-13,15-17H2,1-7H3,(H,25,26);1H. The Morgan fingerprint density at radius 3 is 2.50 bits per heavy atom. The highest BCUT2D eigenvalue weighted by Crippen LogP contribution is 2.23. The average molecular weight is 555 g/mol. The van der Waals surface area contributed by atoms with Gasteiger partial charge in [-0.25, -0.2) is 0 Å². The number of nitrogens with one attached hydrogen (secondary N) is 1. The van der Waals surface area contributed by atoms with Crippen molar-refractivity contribution in [1.29, 1.82) is 0 Å². The Balaban J connectivity index is 0.00000363. The number of guanidine groups is 1. The van der Waals surface area contributed by atoms with Gasteiger partial charge in [0.2, 0.25) is 0 Å². The number of likely N-dealkylation sites (N-methyl/N-ethyl adjacent to an activating group) is 2. The van der Waals surface area contributed by atoms with Crippen LogP contribution in [-0.4, -0.2) is 92.7 Å². The summed E-state index contributed by atoms with van der Waals surface area (Å²) in [7, 11) is 10.1. The molecular formula is C24H39IN6O. The van der Waals surface area contributed by atoms with Crippen LogP contribution in [0.5, 0.6) is 5.75 Å². The first kappa shape index (κ1) is 26.5. The molecule has 1 atom stereocenters. The van der Waals surface area contributed by atoms with Crippen molar-refractivity contribution in [3.63, 3.8) is 0 Å². The van der Waals surface area contributed by atoms with Crippen molar-refractivity contribution in [3.8, 4) is 11.4 Å². The van der Waals surface area contributed by atoms with Crippen molar-refractivity contribution in [3.05, 3.63) is 47.3 Å². The highest BCUT2D eigenvalue weighted by atomic mass is 127. The third-order valence-corrected chi connectivity index (χ3v) is 6.32. The number of hydrogen-bond acceptors (Lipinski definition) is 4. The molecule has 2 aromatic rings. The van der Waals surface area contributed by atoms with Crippen molar-refractivity contribution in [2.45, 2.75) is 26.4 Å². The lowest BCUT2D eigenvalue weighted by Crippen LogP contribution is -2.55. The van der Waals surface area contributed by atoms with E-state index in [0.717, 1.165) is 50.1 Å². The van der Waals surface area contributed by atoms with E-state index in [1.165, 1.54) is 17.0 Å². The zero-order chi connectivity index (χ0) is 22.5. The fraction of sp³-hybridized carbons (Fsp3) is 0.542. The molecular weight excluding hydrogens is 515 g/mol. The van der Waals surface area contributed by atoms with Crippen LogP contribution < -0.4 is 10.1 Å². The molecule has 1 fully saturated rings. The Bertz CT molecular complexity index is 895. The maximum atomic E-state index is 5.30. The summed E-state index contributed by atoms with van der Waals surface area (Å²) in [5.74, 6) is 1.80. The van der Waals surface area contributed by atoms with Gasteiger partial charge in [0.05, 0.1) is 7.11 Å². The average Bonchev–Trinajstić information content (AvgIpc) is 3.03. The highest BCUT2D eigenvalue weighted by molar-refractivity contribution is 14.0. The second-order valence-electron chi connectivity index (χ2n) is 8.61. The monoisotopic (exact) mass is 554 g/mol. The molecule has 1 saturated heterocycles. The maximum Gasteiger partial charge on any atom is 0.193 e. The number of methoxy groups -OCH3 is 1. The van der Waals surface area contributed by atoms with Crippen LogP contribution in [0.1, 0.15) is 17.0 Å². The van der Waals surface area contributed by atoms with Crippen LogP contribution in [-0.2, 0) is 6.54 Å². The van der Waals surface area contributed by atoms with Crippen LogP contribution in [0.25, 0.3) is 5.69 Å². The van der Waals surface area contributed by atoms with E-state index in [2.05, 4.69) is 82.8 Å². The molecule has 1 aliphatic rings. The molecule has 0 radical (unpaired) electrons. The molecule has 7 nitrogen and oxygen atoms in total. The molecule has 0 spiro atoms. The summed E-state index contributed by atoms with van der Waals surface area (Å²) in [6.45, 7) is 9.35. The van der Waals surface area contributed by atoms with Crippen LogP contribution in [0.4, 0.5) is 0 Å². The number of ether oxygens (including phenoxy) is 1. The first-order valence-electron chi connectivity index (χ1n) is 11.0. The molecule has 1 N–H and O–H groups in total. The van der Waals surface area contributed by atoms with E-state index >= 15 is 0 Å². The van der Waals surface area contributed by atoms with Crippen LogP contribution in [0.3, 0.4) is 0 Å². The maximum absolute atomic E-state index is 5.30. The quantitative estimate of drug-likeness (QED) is 0.338. The van der Waals surface area contributed by atoms with Crippen LogP contribution in [0, 0.1) is 13.8 Å². The number of piperazine rings is 1. The smallest absolute Gasteiger partial charge is 0.193 e. The summed E-state index contributed by atoms with van der Waals surface area (Å²) in [6.07, 6.45) is 0. The molecule has 0 bridgehead atoms.